The number of hydrogen-bond acceptors (Lipinski definition) is 0. The average molecular weight is 321 g/mol. The molecule has 1 heteroatoms. The number of benzene rings is 1. The van der Waals surface area contributed by atoms with E-state index in [9.17, 15) is 0 Å². The monoisotopic (exact) mass is 320 g/mol. The van der Waals surface area contributed by atoms with Crippen molar-refractivity contribution in [3.8, 4) is 0 Å². The molecule has 2 aliphatic carbocycles. The van der Waals surface area contributed by atoms with Crippen LogP contribution >= 0.6 is 15.9 Å². The number of rotatable bonds is 3. The van der Waals surface area contributed by atoms with Crippen LogP contribution in [-0.4, -0.2) is 4.83 Å². The van der Waals surface area contributed by atoms with E-state index in [0.717, 1.165) is 16.7 Å². The minimum atomic E-state index is 0.739. The highest BCUT2D eigenvalue weighted by Crippen LogP contribution is 2.37. The Hall–Kier alpha value is -0.300. The van der Waals surface area contributed by atoms with E-state index in [0.29, 0.717) is 0 Å². The molecule has 1 saturated carbocycles. The maximum atomic E-state index is 3.93. The topological polar surface area (TPSA) is 0 Å². The minimum absolute atomic E-state index is 0.739. The van der Waals surface area contributed by atoms with Gasteiger partial charge in [0.05, 0.1) is 0 Å². The standard InChI is InChI=1S/C18H25Br/c1-2-13-7-9-18(19)17(10-13)12-14-6-8-15-4-3-5-16(15)11-14/h6,8,11,13,17-18H,2-5,7,9-10,12H2,1H3. The molecule has 3 atom stereocenters. The first-order valence-electron chi connectivity index (χ1n) is 8.01. The Labute approximate surface area is 126 Å². The van der Waals surface area contributed by atoms with Gasteiger partial charge >= 0.3 is 0 Å². The number of fused-ring (bicyclic) bond motifs is 1. The predicted molar refractivity (Wildman–Crippen MR) is 86.0 cm³/mol. The third kappa shape index (κ3) is 3.07. The van der Waals surface area contributed by atoms with Crippen molar-refractivity contribution in [2.75, 3.05) is 0 Å². The Morgan fingerprint density at radius 2 is 2.00 bits per heavy atom. The van der Waals surface area contributed by atoms with E-state index in [2.05, 4.69) is 41.1 Å². The lowest BCUT2D eigenvalue weighted by Gasteiger charge is -2.33. The minimum Gasteiger partial charge on any atom is -0.0888 e. The normalized spacial score (nSPS) is 30.3. The molecule has 0 bridgehead atoms. The van der Waals surface area contributed by atoms with Crippen molar-refractivity contribution in [2.24, 2.45) is 11.8 Å². The molecule has 0 spiro atoms. The van der Waals surface area contributed by atoms with Crippen LogP contribution in [0, 0.1) is 11.8 Å². The summed E-state index contributed by atoms with van der Waals surface area (Å²) < 4.78 is 0. The molecule has 0 saturated heterocycles. The third-order valence-corrected chi connectivity index (χ3v) is 6.44. The predicted octanol–water partition coefficient (Wildman–Crippen LogP) is 5.31. The summed E-state index contributed by atoms with van der Waals surface area (Å²) in [5.74, 6) is 1.81. The van der Waals surface area contributed by atoms with Crippen LogP contribution in [0.4, 0.5) is 0 Å². The van der Waals surface area contributed by atoms with Crippen LogP contribution in [0.5, 0.6) is 0 Å². The van der Waals surface area contributed by atoms with E-state index >= 15 is 0 Å². The van der Waals surface area contributed by atoms with Crippen LogP contribution in [-0.2, 0) is 19.3 Å². The van der Waals surface area contributed by atoms with Gasteiger partial charge < -0.3 is 0 Å². The molecule has 19 heavy (non-hydrogen) atoms. The van der Waals surface area contributed by atoms with Crippen LogP contribution in [0.3, 0.4) is 0 Å². The van der Waals surface area contributed by atoms with Gasteiger partial charge in [-0.3, -0.25) is 0 Å². The summed E-state index contributed by atoms with van der Waals surface area (Å²) in [7, 11) is 0. The molecule has 3 unspecified atom stereocenters. The maximum absolute atomic E-state index is 3.93. The quantitative estimate of drug-likeness (QED) is 0.662. The Bertz CT molecular complexity index is 437. The van der Waals surface area contributed by atoms with E-state index in [1.807, 2.05) is 0 Å². The van der Waals surface area contributed by atoms with Gasteiger partial charge in [-0.15, -0.1) is 0 Å². The molecule has 0 aromatic heterocycles. The van der Waals surface area contributed by atoms with Gasteiger partial charge in [-0.1, -0.05) is 47.5 Å². The van der Waals surface area contributed by atoms with E-state index in [-0.39, 0.29) is 0 Å². The van der Waals surface area contributed by atoms with Crippen molar-refractivity contribution < 1.29 is 0 Å². The molecule has 1 fully saturated rings. The molecule has 1 aromatic carbocycles. The fourth-order valence-electron chi connectivity index (χ4n) is 3.96. The zero-order valence-electron chi connectivity index (χ0n) is 12.0. The summed E-state index contributed by atoms with van der Waals surface area (Å²) >= 11 is 3.93. The molecule has 104 valence electrons. The summed E-state index contributed by atoms with van der Waals surface area (Å²) in [4.78, 5) is 0.739. The number of hydrogen-bond donors (Lipinski definition) is 0. The van der Waals surface area contributed by atoms with Gasteiger partial charge in [0.15, 0.2) is 0 Å². The van der Waals surface area contributed by atoms with Crippen molar-refractivity contribution in [2.45, 2.75) is 63.1 Å². The summed E-state index contributed by atoms with van der Waals surface area (Å²) in [6.07, 6.45) is 10.8. The first kappa shape index (κ1) is 13.7. The Kier molecular flexibility index (Phi) is 4.31. The van der Waals surface area contributed by atoms with Crippen molar-refractivity contribution >= 4 is 15.9 Å². The molecule has 0 radical (unpaired) electrons. The first-order valence-corrected chi connectivity index (χ1v) is 8.92. The lowest BCUT2D eigenvalue weighted by molar-refractivity contribution is 0.271. The van der Waals surface area contributed by atoms with E-state index in [1.165, 1.54) is 51.4 Å². The molecule has 1 aromatic rings. The fourth-order valence-corrected chi connectivity index (χ4v) is 4.63. The second-order valence-corrected chi connectivity index (χ2v) is 7.70. The highest BCUT2D eigenvalue weighted by molar-refractivity contribution is 9.09. The van der Waals surface area contributed by atoms with Gasteiger partial charge in [0, 0.05) is 4.83 Å². The SMILES string of the molecule is CCC1CCC(Br)C(Cc2ccc3c(c2)CCC3)C1. The van der Waals surface area contributed by atoms with Crippen molar-refractivity contribution in [1.29, 1.82) is 0 Å². The van der Waals surface area contributed by atoms with Crippen LogP contribution in [0.15, 0.2) is 18.2 Å². The molecule has 0 N–H and O–H groups in total. The molecule has 0 aliphatic heterocycles. The highest BCUT2D eigenvalue weighted by Gasteiger charge is 2.28. The third-order valence-electron chi connectivity index (χ3n) is 5.24. The highest BCUT2D eigenvalue weighted by atomic mass is 79.9. The van der Waals surface area contributed by atoms with E-state index in [1.54, 1.807) is 16.7 Å². The molecule has 0 nitrogen and oxygen atoms in total. The zero-order chi connectivity index (χ0) is 13.2. The van der Waals surface area contributed by atoms with Crippen LogP contribution < -0.4 is 0 Å². The molecule has 0 heterocycles. The zero-order valence-corrected chi connectivity index (χ0v) is 13.6. The summed E-state index contributed by atoms with van der Waals surface area (Å²) in [6, 6.07) is 7.28. The molecular weight excluding hydrogens is 296 g/mol. The van der Waals surface area contributed by atoms with Crippen LogP contribution in [0.1, 0.15) is 55.7 Å². The number of alkyl halides is 1. The second kappa shape index (κ2) is 5.99. The second-order valence-electron chi connectivity index (χ2n) is 6.52. The Morgan fingerprint density at radius 3 is 2.84 bits per heavy atom. The van der Waals surface area contributed by atoms with Gasteiger partial charge in [0.1, 0.15) is 0 Å². The summed E-state index contributed by atoms with van der Waals surface area (Å²) in [6.45, 7) is 2.35. The Morgan fingerprint density at radius 1 is 1.16 bits per heavy atom. The van der Waals surface area contributed by atoms with E-state index < -0.39 is 0 Å². The first-order chi connectivity index (χ1) is 9.26. The lowest BCUT2D eigenvalue weighted by Crippen LogP contribution is -2.26. The lowest BCUT2D eigenvalue weighted by atomic mass is 9.77. The van der Waals surface area contributed by atoms with Gasteiger partial charge in [0.2, 0.25) is 0 Å². The average Bonchev–Trinajstić information content (AvgIpc) is 2.89. The largest absolute Gasteiger partial charge is 0.0888 e. The fraction of sp³-hybridized carbons (Fsp3) is 0.667. The van der Waals surface area contributed by atoms with Crippen molar-refractivity contribution in [3.05, 3.63) is 34.9 Å². The van der Waals surface area contributed by atoms with Gasteiger partial charge in [-0.2, -0.15) is 0 Å². The maximum Gasteiger partial charge on any atom is 0.0177 e. The Balaban J connectivity index is 1.69. The molecule has 0 amide bonds. The molecule has 3 rings (SSSR count). The van der Waals surface area contributed by atoms with Crippen molar-refractivity contribution in [1.82, 2.24) is 0 Å². The van der Waals surface area contributed by atoms with Crippen LogP contribution in [0.2, 0.25) is 0 Å². The molecular formula is C18H25Br. The summed E-state index contributed by atoms with van der Waals surface area (Å²) in [5.41, 5.74) is 4.81. The van der Waals surface area contributed by atoms with Gasteiger partial charge in [-0.05, 0) is 73.5 Å². The van der Waals surface area contributed by atoms with Crippen molar-refractivity contribution in [3.63, 3.8) is 0 Å². The van der Waals surface area contributed by atoms with Crippen LogP contribution in [0.25, 0.3) is 0 Å². The van der Waals surface area contributed by atoms with Gasteiger partial charge in [0.25, 0.3) is 0 Å². The number of halogens is 1. The molecule has 2 aliphatic rings. The van der Waals surface area contributed by atoms with Gasteiger partial charge in [-0.25, -0.2) is 0 Å². The number of aryl methyl sites for hydroxylation is 2. The van der Waals surface area contributed by atoms with E-state index in [4.69, 9.17) is 0 Å². The smallest absolute Gasteiger partial charge is 0.0177 e. The summed E-state index contributed by atoms with van der Waals surface area (Å²) in [5, 5.41) is 0.